The van der Waals surface area contributed by atoms with E-state index in [1.165, 1.54) is 5.57 Å². The van der Waals surface area contributed by atoms with E-state index in [4.69, 9.17) is 0 Å². The maximum Gasteiger partial charge on any atom is 0.00277 e. The van der Waals surface area contributed by atoms with Crippen molar-refractivity contribution in [3.63, 3.8) is 0 Å². The fourth-order valence-corrected chi connectivity index (χ4v) is 0.518. The van der Waals surface area contributed by atoms with Crippen LogP contribution >= 0.6 is 0 Å². The molecule has 0 rings (SSSR count). The van der Waals surface area contributed by atoms with Crippen LogP contribution in [-0.2, 0) is 0 Å². The molecule has 0 amide bonds. The third-order valence-corrected chi connectivity index (χ3v) is 1.06. The van der Waals surface area contributed by atoms with E-state index in [-0.39, 0.29) is 0 Å². The molecule has 0 unspecified atom stereocenters. The second kappa shape index (κ2) is 6.14. The zero-order valence-electron chi connectivity index (χ0n) is 6.89. The molecular weight excluding hydrogens is 122 g/mol. The monoisotopic (exact) mass is 137 g/mol. The van der Waals surface area contributed by atoms with Gasteiger partial charge in [-0.25, -0.2) is 0 Å². The molecule has 10 heavy (non-hydrogen) atoms. The summed E-state index contributed by atoms with van der Waals surface area (Å²) in [7, 11) is 1.89. The van der Waals surface area contributed by atoms with Gasteiger partial charge in [0.15, 0.2) is 0 Å². The average Bonchev–Trinajstić information content (AvgIpc) is 1.97. The van der Waals surface area contributed by atoms with Crippen LogP contribution in [0.4, 0.5) is 0 Å². The smallest absolute Gasteiger partial charge is 0.00277 e. The van der Waals surface area contributed by atoms with Crippen LogP contribution in [0.15, 0.2) is 36.1 Å². The molecule has 0 saturated carbocycles. The first-order valence-electron chi connectivity index (χ1n) is 3.44. The third kappa shape index (κ3) is 5.16. The summed E-state index contributed by atoms with van der Waals surface area (Å²) in [4.78, 5) is 0. The van der Waals surface area contributed by atoms with Crippen LogP contribution < -0.4 is 5.32 Å². The maximum atomic E-state index is 2.93. The fraction of sp³-hybridized carbons (Fsp3) is 0.333. The first kappa shape index (κ1) is 9.02. The molecule has 0 aromatic carbocycles. The molecule has 1 heteroatoms. The Morgan fingerprint density at radius 3 is 2.60 bits per heavy atom. The minimum atomic E-state index is 1.24. The molecule has 0 radical (unpaired) electrons. The summed E-state index contributed by atoms with van der Waals surface area (Å²) in [5.74, 6) is 0. The van der Waals surface area contributed by atoms with Crippen molar-refractivity contribution in [1.29, 1.82) is 0 Å². The highest BCUT2D eigenvalue weighted by molar-refractivity contribution is 5.20. The molecule has 1 N–H and O–H groups in total. The quantitative estimate of drug-likeness (QED) is 0.588. The number of hydrogen-bond acceptors (Lipinski definition) is 1. The van der Waals surface area contributed by atoms with Gasteiger partial charge < -0.3 is 5.32 Å². The standard InChI is InChI=1S/C9H15N/c1-4-5-6-9(2)7-8-10-3/h4-8,10H,1-3H3/b5-4-,8-7-,9-6+. The Balaban J connectivity index is 3.81. The van der Waals surface area contributed by atoms with Crippen molar-refractivity contribution in [1.82, 2.24) is 5.32 Å². The van der Waals surface area contributed by atoms with Crippen molar-refractivity contribution < 1.29 is 0 Å². The Morgan fingerprint density at radius 1 is 1.40 bits per heavy atom. The van der Waals surface area contributed by atoms with Crippen LogP contribution in [0.5, 0.6) is 0 Å². The number of hydrogen-bond donors (Lipinski definition) is 1. The molecule has 0 aliphatic carbocycles. The van der Waals surface area contributed by atoms with E-state index >= 15 is 0 Å². The molecule has 0 bridgehead atoms. The van der Waals surface area contributed by atoms with E-state index in [0.717, 1.165) is 0 Å². The van der Waals surface area contributed by atoms with Crippen molar-refractivity contribution in [2.45, 2.75) is 13.8 Å². The van der Waals surface area contributed by atoms with Gasteiger partial charge in [0.05, 0.1) is 0 Å². The Hall–Kier alpha value is -0.980. The molecule has 0 spiro atoms. The summed E-state index contributed by atoms with van der Waals surface area (Å²) in [6.45, 7) is 4.07. The van der Waals surface area contributed by atoms with Crippen LogP contribution in [-0.4, -0.2) is 7.05 Å². The van der Waals surface area contributed by atoms with Gasteiger partial charge in [0, 0.05) is 7.05 Å². The summed E-state index contributed by atoms with van der Waals surface area (Å²) in [5.41, 5.74) is 1.24. The normalized spacial score (nSPS) is 13.3. The van der Waals surface area contributed by atoms with Crippen molar-refractivity contribution in [3.8, 4) is 0 Å². The van der Waals surface area contributed by atoms with Gasteiger partial charge in [0.2, 0.25) is 0 Å². The van der Waals surface area contributed by atoms with Gasteiger partial charge in [-0.3, -0.25) is 0 Å². The number of rotatable bonds is 3. The van der Waals surface area contributed by atoms with Crippen LogP contribution in [0.3, 0.4) is 0 Å². The molecule has 0 heterocycles. The fourth-order valence-electron chi connectivity index (χ4n) is 0.518. The summed E-state index contributed by atoms with van der Waals surface area (Å²) in [6.07, 6.45) is 10.0. The summed E-state index contributed by atoms with van der Waals surface area (Å²) >= 11 is 0. The van der Waals surface area contributed by atoms with Crippen molar-refractivity contribution in [3.05, 3.63) is 36.1 Å². The van der Waals surface area contributed by atoms with Crippen molar-refractivity contribution in [2.75, 3.05) is 7.05 Å². The highest BCUT2D eigenvalue weighted by atomic mass is 14.8. The summed E-state index contributed by atoms with van der Waals surface area (Å²) in [6, 6.07) is 0. The molecular formula is C9H15N. The molecule has 0 aliphatic rings. The van der Waals surface area contributed by atoms with E-state index in [1.54, 1.807) is 0 Å². The van der Waals surface area contributed by atoms with Gasteiger partial charge in [-0.2, -0.15) is 0 Å². The molecule has 1 nitrogen and oxygen atoms in total. The predicted molar refractivity (Wildman–Crippen MR) is 46.8 cm³/mol. The van der Waals surface area contributed by atoms with Gasteiger partial charge >= 0.3 is 0 Å². The van der Waals surface area contributed by atoms with E-state index in [0.29, 0.717) is 0 Å². The van der Waals surface area contributed by atoms with Gasteiger partial charge in [0.25, 0.3) is 0 Å². The highest BCUT2D eigenvalue weighted by Gasteiger charge is 1.74. The van der Waals surface area contributed by atoms with E-state index in [9.17, 15) is 0 Å². The van der Waals surface area contributed by atoms with Crippen LogP contribution in [0, 0.1) is 0 Å². The van der Waals surface area contributed by atoms with Crippen molar-refractivity contribution >= 4 is 0 Å². The topological polar surface area (TPSA) is 12.0 Å². The summed E-state index contributed by atoms with van der Waals surface area (Å²) < 4.78 is 0. The molecule has 0 fully saturated rings. The Bertz CT molecular complexity index is 152. The maximum absolute atomic E-state index is 2.93. The lowest BCUT2D eigenvalue weighted by Gasteiger charge is -1.87. The van der Waals surface area contributed by atoms with Gasteiger partial charge in [0.1, 0.15) is 0 Å². The van der Waals surface area contributed by atoms with Crippen LogP contribution in [0.2, 0.25) is 0 Å². The van der Waals surface area contributed by atoms with Crippen LogP contribution in [0.25, 0.3) is 0 Å². The van der Waals surface area contributed by atoms with E-state index < -0.39 is 0 Å². The first-order chi connectivity index (χ1) is 4.81. The average molecular weight is 137 g/mol. The van der Waals surface area contributed by atoms with E-state index in [1.807, 2.05) is 38.4 Å². The molecule has 0 aliphatic heterocycles. The van der Waals surface area contributed by atoms with Gasteiger partial charge in [-0.15, -0.1) is 0 Å². The zero-order chi connectivity index (χ0) is 7.82. The third-order valence-electron chi connectivity index (χ3n) is 1.06. The van der Waals surface area contributed by atoms with E-state index in [2.05, 4.69) is 18.3 Å². The largest absolute Gasteiger partial charge is 0.394 e. The minimum Gasteiger partial charge on any atom is -0.394 e. The lowest BCUT2D eigenvalue weighted by atomic mass is 10.2. The van der Waals surface area contributed by atoms with Gasteiger partial charge in [-0.05, 0) is 31.7 Å². The second-order valence-electron chi connectivity index (χ2n) is 2.06. The molecule has 0 saturated heterocycles. The molecule has 0 aromatic heterocycles. The summed E-state index contributed by atoms with van der Waals surface area (Å²) in [5, 5.41) is 2.93. The van der Waals surface area contributed by atoms with Crippen LogP contribution in [0.1, 0.15) is 13.8 Å². The minimum absolute atomic E-state index is 1.24. The molecule has 0 atom stereocenters. The Kier molecular flexibility index (Phi) is 5.54. The molecule has 0 aromatic rings. The highest BCUT2D eigenvalue weighted by Crippen LogP contribution is 1.93. The second-order valence-corrected chi connectivity index (χ2v) is 2.06. The van der Waals surface area contributed by atoms with Gasteiger partial charge in [-0.1, -0.05) is 18.2 Å². The van der Waals surface area contributed by atoms with Crippen molar-refractivity contribution in [2.24, 2.45) is 0 Å². The predicted octanol–water partition coefficient (Wildman–Crippen LogP) is 2.24. The number of nitrogens with one attached hydrogen (secondary N) is 1. The number of allylic oxidation sites excluding steroid dienone is 5. The lowest BCUT2D eigenvalue weighted by Crippen LogP contribution is -1.90. The lowest BCUT2D eigenvalue weighted by molar-refractivity contribution is 1.10. The first-order valence-corrected chi connectivity index (χ1v) is 3.44. The SMILES string of the molecule is C\C=C/C=C(C)/C=C\NC. The zero-order valence-corrected chi connectivity index (χ0v) is 6.89. The Morgan fingerprint density at radius 2 is 2.10 bits per heavy atom. The Labute approximate surface area is 63.1 Å². The molecule has 56 valence electrons.